The van der Waals surface area contributed by atoms with Gasteiger partial charge in [-0.2, -0.15) is 0 Å². The first-order valence-corrected chi connectivity index (χ1v) is 5.33. The largest absolute Gasteiger partial charge is 0.368 e. The number of carbonyl (C=O) groups is 2. The molecule has 0 heterocycles. The van der Waals surface area contributed by atoms with Crippen LogP contribution in [0.4, 0.5) is 0 Å². The van der Waals surface area contributed by atoms with Gasteiger partial charge < -0.3 is 16.8 Å². The summed E-state index contributed by atoms with van der Waals surface area (Å²) in [4.78, 5) is 22.5. The van der Waals surface area contributed by atoms with Crippen LogP contribution in [0.2, 0.25) is 0 Å². The van der Waals surface area contributed by atoms with Crippen molar-refractivity contribution in [1.29, 1.82) is 0 Å². The highest BCUT2D eigenvalue weighted by atomic mass is 35.5. The molecular weight excluding hydrogens is 254 g/mol. The standard InChI is InChI=1S/C12H17N3O2.ClH/c1-7-3-5-9(6-4-7)10(13)12(17)15-8(2)11(14)16;/h3-6,8,10H,13H2,1-2H3,(H2,14,16)(H,15,17);1H/t8-,10?;/m0./s1. The molecule has 1 rings (SSSR count). The zero-order valence-electron chi connectivity index (χ0n) is 10.3. The molecule has 5 nitrogen and oxygen atoms in total. The van der Waals surface area contributed by atoms with Crippen molar-refractivity contribution in [2.75, 3.05) is 0 Å². The molecule has 5 N–H and O–H groups in total. The number of nitrogens with two attached hydrogens (primary N) is 2. The third kappa shape index (κ3) is 4.35. The Morgan fingerprint density at radius 1 is 1.22 bits per heavy atom. The van der Waals surface area contributed by atoms with E-state index >= 15 is 0 Å². The fraction of sp³-hybridized carbons (Fsp3) is 0.333. The van der Waals surface area contributed by atoms with E-state index in [9.17, 15) is 9.59 Å². The van der Waals surface area contributed by atoms with Crippen molar-refractivity contribution in [3.8, 4) is 0 Å². The van der Waals surface area contributed by atoms with Crippen LogP contribution in [0.5, 0.6) is 0 Å². The second kappa shape index (κ2) is 6.98. The van der Waals surface area contributed by atoms with Crippen molar-refractivity contribution in [3.63, 3.8) is 0 Å². The summed E-state index contributed by atoms with van der Waals surface area (Å²) in [6, 6.07) is 5.81. The Morgan fingerprint density at radius 2 is 1.72 bits per heavy atom. The smallest absolute Gasteiger partial charge is 0.242 e. The highest BCUT2D eigenvalue weighted by Crippen LogP contribution is 2.11. The number of rotatable bonds is 4. The second-order valence-electron chi connectivity index (χ2n) is 4.02. The molecule has 6 heteroatoms. The van der Waals surface area contributed by atoms with Gasteiger partial charge in [0.25, 0.3) is 0 Å². The Balaban J connectivity index is 0.00000289. The first-order valence-electron chi connectivity index (χ1n) is 5.33. The molecule has 2 amide bonds. The summed E-state index contributed by atoms with van der Waals surface area (Å²) in [6.07, 6.45) is 0. The van der Waals surface area contributed by atoms with Gasteiger partial charge in [-0.3, -0.25) is 9.59 Å². The lowest BCUT2D eigenvalue weighted by molar-refractivity contribution is -0.127. The van der Waals surface area contributed by atoms with Gasteiger partial charge in [0.2, 0.25) is 11.8 Å². The number of benzene rings is 1. The van der Waals surface area contributed by atoms with Crippen LogP contribution in [0, 0.1) is 6.92 Å². The Kier molecular flexibility index (Phi) is 6.36. The molecule has 1 unspecified atom stereocenters. The van der Waals surface area contributed by atoms with E-state index in [2.05, 4.69) is 5.32 Å². The van der Waals surface area contributed by atoms with Crippen LogP contribution >= 0.6 is 12.4 Å². The van der Waals surface area contributed by atoms with Gasteiger partial charge in [-0.25, -0.2) is 0 Å². The fourth-order valence-electron chi connectivity index (χ4n) is 1.30. The molecule has 0 radical (unpaired) electrons. The number of primary amides is 1. The lowest BCUT2D eigenvalue weighted by Crippen LogP contribution is -2.45. The Hall–Kier alpha value is -1.59. The Bertz CT molecular complexity index is 420. The normalized spacial score (nSPS) is 13.1. The second-order valence-corrected chi connectivity index (χ2v) is 4.02. The zero-order chi connectivity index (χ0) is 13.0. The highest BCUT2D eigenvalue weighted by Gasteiger charge is 2.19. The van der Waals surface area contributed by atoms with E-state index in [1.807, 2.05) is 19.1 Å². The molecule has 18 heavy (non-hydrogen) atoms. The number of hydrogen-bond acceptors (Lipinski definition) is 3. The zero-order valence-corrected chi connectivity index (χ0v) is 11.2. The van der Waals surface area contributed by atoms with Crippen molar-refractivity contribution in [2.24, 2.45) is 11.5 Å². The van der Waals surface area contributed by atoms with Crippen molar-refractivity contribution in [2.45, 2.75) is 25.9 Å². The molecule has 0 aliphatic rings. The average molecular weight is 272 g/mol. The topological polar surface area (TPSA) is 98.2 Å². The number of hydrogen-bond donors (Lipinski definition) is 3. The number of aryl methyl sites for hydroxylation is 1. The van der Waals surface area contributed by atoms with E-state index < -0.39 is 23.9 Å². The summed E-state index contributed by atoms with van der Waals surface area (Å²) >= 11 is 0. The minimum absolute atomic E-state index is 0. The number of carbonyl (C=O) groups excluding carboxylic acids is 2. The fourth-order valence-corrected chi connectivity index (χ4v) is 1.30. The van der Waals surface area contributed by atoms with Crippen LogP contribution in [0.1, 0.15) is 24.1 Å². The molecule has 0 saturated heterocycles. The summed E-state index contributed by atoms with van der Waals surface area (Å²) in [6.45, 7) is 3.46. The van der Waals surface area contributed by atoms with Crippen LogP contribution in [-0.2, 0) is 9.59 Å². The van der Waals surface area contributed by atoms with E-state index in [-0.39, 0.29) is 12.4 Å². The minimum Gasteiger partial charge on any atom is -0.368 e. The summed E-state index contributed by atoms with van der Waals surface area (Å²) in [5.74, 6) is -1.00. The van der Waals surface area contributed by atoms with E-state index in [4.69, 9.17) is 11.5 Å². The number of halogens is 1. The maximum absolute atomic E-state index is 11.7. The number of nitrogens with one attached hydrogen (secondary N) is 1. The molecule has 0 saturated carbocycles. The summed E-state index contributed by atoms with van der Waals surface area (Å²) in [7, 11) is 0. The van der Waals surface area contributed by atoms with Gasteiger partial charge in [-0.15, -0.1) is 12.4 Å². The van der Waals surface area contributed by atoms with E-state index in [0.29, 0.717) is 5.56 Å². The molecule has 0 aromatic heterocycles. The third-order valence-corrected chi connectivity index (χ3v) is 2.50. The van der Waals surface area contributed by atoms with Gasteiger partial charge in [0.05, 0.1) is 0 Å². The van der Waals surface area contributed by atoms with E-state index in [1.54, 1.807) is 12.1 Å². The summed E-state index contributed by atoms with van der Waals surface area (Å²) in [5.41, 5.74) is 12.6. The van der Waals surface area contributed by atoms with E-state index in [1.165, 1.54) is 6.92 Å². The average Bonchev–Trinajstić information content (AvgIpc) is 2.28. The molecule has 0 aliphatic heterocycles. The van der Waals surface area contributed by atoms with E-state index in [0.717, 1.165) is 5.56 Å². The summed E-state index contributed by atoms with van der Waals surface area (Å²) < 4.78 is 0. The van der Waals surface area contributed by atoms with Gasteiger partial charge in [0.15, 0.2) is 0 Å². The molecule has 0 spiro atoms. The first kappa shape index (κ1) is 16.4. The van der Waals surface area contributed by atoms with Gasteiger partial charge in [0.1, 0.15) is 12.1 Å². The summed E-state index contributed by atoms with van der Waals surface area (Å²) in [5, 5.41) is 2.45. The maximum atomic E-state index is 11.7. The lowest BCUT2D eigenvalue weighted by atomic mass is 10.1. The molecule has 0 fully saturated rings. The quantitative estimate of drug-likeness (QED) is 0.739. The minimum atomic E-state index is -0.794. The van der Waals surface area contributed by atoms with Crippen molar-refractivity contribution in [3.05, 3.63) is 35.4 Å². The third-order valence-electron chi connectivity index (χ3n) is 2.50. The van der Waals surface area contributed by atoms with Gasteiger partial charge in [-0.1, -0.05) is 29.8 Å². The Morgan fingerprint density at radius 3 is 2.17 bits per heavy atom. The van der Waals surface area contributed by atoms with Gasteiger partial charge in [0, 0.05) is 0 Å². The molecule has 1 aromatic carbocycles. The Labute approximate surface area is 112 Å². The van der Waals surface area contributed by atoms with Gasteiger partial charge >= 0.3 is 0 Å². The number of amides is 2. The van der Waals surface area contributed by atoms with Crippen molar-refractivity contribution < 1.29 is 9.59 Å². The molecule has 100 valence electrons. The predicted octanol–water partition coefficient (Wildman–Crippen LogP) is 0.407. The molecule has 1 aromatic rings. The monoisotopic (exact) mass is 271 g/mol. The van der Waals surface area contributed by atoms with Crippen molar-refractivity contribution in [1.82, 2.24) is 5.32 Å². The molecule has 0 bridgehead atoms. The maximum Gasteiger partial charge on any atom is 0.242 e. The molecule has 2 atom stereocenters. The first-order chi connectivity index (χ1) is 7.91. The van der Waals surface area contributed by atoms with Crippen molar-refractivity contribution >= 4 is 24.2 Å². The van der Waals surface area contributed by atoms with Crippen LogP contribution in [0.15, 0.2) is 24.3 Å². The molecular formula is C12H18ClN3O2. The predicted molar refractivity (Wildman–Crippen MR) is 72.2 cm³/mol. The van der Waals surface area contributed by atoms with Crippen LogP contribution in [-0.4, -0.2) is 17.9 Å². The van der Waals surface area contributed by atoms with Gasteiger partial charge in [-0.05, 0) is 19.4 Å². The SMILES string of the molecule is Cc1ccc(C(N)C(=O)N[C@@H](C)C(N)=O)cc1.Cl. The van der Waals surface area contributed by atoms with Crippen LogP contribution in [0.25, 0.3) is 0 Å². The van der Waals surface area contributed by atoms with Crippen LogP contribution < -0.4 is 16.8 Å². The molecule has 0 aliphatic carbocycles. The lowest BCUT2D eigenvalue weighted by Gasteiger charge is -2.15. The highest BCUT2D eigenvalue weighted by molar-refractivity contribution is 5.89. The van der Waals surface area contributed by atoms with Crippen LogP contribution in [0.3, 0.4) is 0 Å².